The minimum Gasteiger partial charge on any atom is -0.368 e. The van der Waals surface area contributed by atoms with Crippen LogP contribution < -0.4 is 0 Å². The van der Waals surface area contributed by atoms with Crippen LogP contribution in [0.5, 0.6) is 0 Å². The van der Waals surface area contributed by atoms with E-state index in [1.165, 1.54) is 19.3 Å². The largest absolute Gasteiger partial charge is 0.368 e. The van der Waals surface area contributed by atoms with Crippen molar-refractivity contribution in [2.24, 2.45) is 5.92 Å². The topological polar surface area (TPSA) is 33.0 Å². The summed E-state index contributed by atoms with van der Waals surface area (Å²) in [6.45, 7) is 4.29. The van der Waals surface area contributed by atoms with Gasteiger partial charge < -0.3 is 4.74 Å². The Bertz CT molecular complexity index is 266. The van der Waals surface area contributed by atoms with Crippen LogP contribution in [0.4, 0.5) is 0 Å². The maximum atomic E-state index is 8.73. The van der Waals surface area contributed by atoms with Gasteiger partial charge in [0, 0.05) is 0 Å². The molecular weight excluding hydrogens is 174 g/mol. The van der Waals surface area contributed by atoms with Gasteiger partial charge in [0.1, 0.15) is 0 Å². The van der Waals surface area contributed by atoms with Crippen LogP contribution in [0.1, 0.15) is 52.4 Å². The van der Waals surface area contributed by atoms with E-state index in [1.807, 2.05) is 0 Å². The normalized spacial score (nSPS) is 42.4. The number of rotatable bonds is 3. The highest BCUT2D eigenvalue weighted by atomic mass is 16.5. The van der Waals surface area contributed by atoms with Gasteiger partial charge in [-0.15, -0.1) is 0 Å². The lowest BCUT2D eigenvalue weighted by atomic mass is 9.93. The van der Waals surface area contributed by atoms with Gasteiger partial charge in [-0.05, 0) is 39.0 Å². The van der Waals surface area contributed by atoms with Gasteiger partial charge in [0.2, 0.25) is 0 Å². The van der Waals surface area contributed by atoms with Crippen molar-refractivity contribution in [2.45, 2.75) is 63.6 Å². The molecule has 78 valence electrons. The first-order valence-corrected chi connectivity index (χ1v) is 5.62. The van der Waals surface area contributed by atoms with Crippen molar-refractivity contribution in [1.29, 1.82) is 5.26 Å². The molecule has 14 heavy (non-hydrogen) atoms. The zero-order valence-electron chi connectivity index (χ0n) is 9.18. The van der Waals surface area contributed by atoms with Crippen molar-refractivity contribution >= 4 is 0 Å². The minimum absolute atomic E-state index is 0.0623. The quantitative estimate of drug-likeness (QED) is 0.690. The van der Waals surface area contributed by atoms with Crippen LogP contribution >= 0.6 is 0 Å². The zero-order valence-corrected chi connectivity index (χ0v) is 9.18. The third-order valence-electron chi connectivity index (χ3n) is 3.55. The van der Waals surface area contributed by atoms with E-state index < -0.39 is 0 Å². The Morgan fingerprint density at radius 1 is 1.29 bits per heavy atom. The predicted molar refractivity (Wildman–Crippen MR) is 54.7 cm³/mol. The number of hydrogen-bond donors (Lipinski definition) is 0. The van der Waals surface area contributed by atoms with Gasteiger partial charge in [-0.3, -0.25) is 0 Å². The van der Waals surface area contributed by atoms with Gasteiger partial charge in [0.05, 0.1) is 23.7 Å². The van der Waals surface area contributed by atoms with Gasteiger partial charge in [-0.1, -0.05) is 12.8 Å². The standard InChI is InChI=1S/C12H19NO/c1-11(7-8-13)5-6-12(2,14-11)9-10-3-4-10/h10H,3-7,9H2,1-2H3. The van der Waals surface area contributed by atoms with Crippen molar-refractivity contribution < 1.29 is 4.74 Å². The lowest BCUT2D eigenvalue weighted by molar-refractivity contribution is -0.0885. The summed E-state index contributed by atoms with van der Waals surface area (Å²) < 4.78 is 6.11. The first-order chi connectivity index (χ1) is 6.55. The Kier molecular flexibility index (Phi) is 2.31. The fourth-order valence-corrected chi connectivity index (χ4v) is 2.59. The lowest BCUT2D eigenvalue weighted by Gasteiger charge is -2.29. The monoisotopic (exact) mass is 193 g/mol. The summed E-state index contributed by atoms with van der Waals surface area (Å²) in [5.41, 5.74) is -0.106. The fraction of sp³-hybridized carbons (Fsp3) is 0.917. The molecule has 0 radical (unpaired) electrons. The molecule has 2 heteroatoms. The summed E-state index contributed by atoms with van der Waals surface area (Å²) in [5, 5.41) is 8.73. The molecule has 2 atom stereocenters. The van der Waals surface area contributed by atoms with Crippen LogP contribution in [0.25, 0.3) is 0 Å². The van der Waals surface area contributed by atoms with Crippen molar-refractivity contribution in [1.82, 2.24) is 0 Å². The molecule has 0 aromatic heterocycles. The van der Waals surface area contributed by atoms with Crippen molar-refractivity contribution in [3.63, 3.8) is 0 Å². The van der Waals surface area contributed by atoms with Gasteiger partial charge in [0.25, 0.3) is 0 Å². The van der Waals surface area contributed by atoms with E-state index in [9.17, 15) is 0 Å². The average Bonchev–Trinajstić information content (AvgIpc) is 2.80. The summed E-state index contributed by atoms with van der Waals surface area (Å²) >= 11 is 0. The summed E-state index contributed by atoms with van der Waals surface area (Å²) in [5.74, 6) is 0.907. The van der Waals surface area contributed by atoms with Crippen molar-refractivity contribution in [3.05, 3.63) is 0 Å². The Balaban J connectivity index is 1.94. The summed E-state index contributed by atoms with van der Waals surface area (Å²) in [6.07, 6.45) is 6.68. The molecule has 1 aliphatic heterocycles. The first kappa shape index (κ1) is 9.98. The maximum absolute atomic E-state index is 8.73. The van der Waals surface area contributed by atoms with Crippen LogP contribution in [-0.4, -0.2) is 11.2 Å². The summed E-state index contributed by atoms with van der Waals surface area (Å²) in [6, 6.07) is 2.23. The molecule has 1 saturated carbocycles. The molecule has 1 heterocycles. The number of ether oxygens (including phenoxy) is 1. The van der Waals surface area contributed by atoms with E-state index in [0.717, 1.165) is 18.8 Å². The van der Waals surface area contributed by atoms with Gasteiger partial charge in [-0.25, -0.2) is 0 Å². The average molecular weight is 193 g/mol. The van der Waals surface area contributed by atoms with E-state index in [1.54, 1.807) is 0 Å². The second kappa shape index (κ2) is 3.24. The lowest BCUT2D eigenvalue weighted by Crippen LogP contribution is -2.31. The molecule has 1 aliphatic carbocycles. The SMILES string of the molecule is CC1(CC#N)CCC(C)(CC2CC2)O1. The van der Waals surface area contributed by atoms with E-state index in [-0.39, 0.29) is 11.2 Å². The summed E-state index contributed by atoms with van der Waals surface area (Å²) in [4.78, 5) is 0. The Labute approximate surface area is 86.2 Å². The van der Waals surface area contributed by atoms with Gasteiger partial charge in [0.15, 0.2) is 0 Å². The molecule has 0 spiro atoms. The Morgan fingerprint density at radius 2 is 1.93 bits per heavy atom. The van der Waals surface area contributed by atoms with Crippen LogP contribution in [0.2, 0.25) is 0 Å². The first-order valence-electron chi connectivity index (χ1n) is 5.62. The molecule has 2 aliphatic rings. The number of hydrogen-bond acceptors (Lipinski definition) is 2. The highest BCUT2D eigenvalue weighted by Crippen LogP contribution is 2.47. The second-order valence-electron chi connectivity index (χ2n) is 5.48. The molecule has 0 bridgehead atoms. The minimum atomic E-state index is -0.168. The van der Waals surface area contributed by atoms with E-state index in [0.29, 0.717) is 6.42 Å². The second-order valence-corrected chi connectivity index (χ2v) is 5.48. The van der Waals surface area contributed by atoms with Crippen LogP contribution in [-0.2, 0) is 4.74 Å². The fourth-order valence-electron chi connectivity index (χ4n) is 2.59. The van der Waals surface area contributed by atoms with Crippen LogP contribution in [0.3, 0.4) is 0 Å². The summed E-state index contributed by atoms with van der Waals surface area (Å²) in [7, 11) is 0. The molecule has 2 fully saturated rings. The van der Waals surface area contributed by atoms with E-state index >= 15 is 0 Å². The number of nitriles is 1. The molecule has 0 amide bonds. The highest BCUT2D eigenvalue weighted by molar-refractivity contribution is 4.99. The molecule has 0 aromatic carbocycles. The van der Waals surface area contributed by atoms with E-state index in [2.05, 4.69) is 19.9 Å². The van der Waals surface area contributed by atoms with Crippen molar-refractivity contribution in [2.75, 3.05) is 0 Å². The Hall–Kier alpha value is -0.550. The van der Waals surface area contributed by atoms with Crippen molar-refractivity contribution in [3.8, 4) is 6.07 Å². The molecule has 2 rings (SSSR count). The predicted octanol–water partition coefficient (Wildman–Crippen LogP) is 3.03. The van der Waals surface area contributed by atoms with Gasteiger partial charge in [-0.2, -0.15) is 5.26 Å². The van der Waals surface area contributed by atoms with Crippen LogP contribution in [0, 0.1) is 17.2 Å². The van der Waals surface area contributed by atoms with Gasteiger partial charge >= 0.3 is 0 Å². The third kappa shape index (κ3) is 2.09. The zero-order chi connectivity index (χ0) is 10.2. The molecule has 0 N–H and O–H groups in total. The molecule has 1 saturated heterocycles. The molecule has 2 nitrogen and oxygen atoms in total. The molecule has 0 aromatic rings. The smallest absolute Gasteiger partial charge is 0.0792 e. The number of nitrogens with zero attached hydrogens (tertiary/aromatic N) is 1. The molecular formula is C12H19NO. The van der Waals surface area contributed by atoms with E-state index in [4.69, 9.17) is 10.00 Å². The highest BCUT2D eigenvalue weighted by Gasteiger charge is 2.45. The van der Waals surface area contributed by atoms with Crippen LogP contribution in [0.15, 0.2) is 0 Å². The molecule has 2 unspecified atom stereocenters. The third-order valence-corrected chi connectivity index (χ3v) is 3.55. The maximum Gasteiger partial charge on any atom is 0.0792 e. The Morgan fingerprint density at radius 3 is 2.50 bits per heavy atom.